The largest absolute Gasteiger partial charge is 0.508 e. The Kier molecular flexibility index (Phi) is 5.02. The smallest absolute Gasteiger partial charge is 0.332 e. The molecular formula is C18H17N5O4. The third kappa shape index (κ3) is 4.21. The zero-order valence-electron chi connectivity index (χ0n) is 14.6. The van der Waals surface area contributed by atoms with Crippen LogP contribution in [0.15, 0.2) is 48.5 Å². The van der Waals surface area contributed by atoms with Gasteiger partial charge in [-0.15, -0.1) is 0 Å². The van der Waals surface area contributed by atoms with Crippen LogP contribution in [0.3, 0.4) is 0 Å². The van der Waals surface area contributed by atoms with Crippen LogP contribution in [0, 0.1) is 17.0 Å². The molecule has 1 heterocycles. The van der Waals surface area contributed by atoms with E-state index in [9.17, 15) is 15.2 Å². The first kappa shape index (κ1) is 17.9. The highest BCUT2D eigenvalue weighted by molar-refractivity contribution is 5.69. The van der Waals surface area contributed by atoms with Gasteiger partial charge in [0.2, 0.25) is 11.8 Å². The Hall–Kier alpha value is -3.88. The molecule has 0 aliphatic carbocycles. The lowest BCUT2D eigenvalue weighted by atomic mass is 10.3. The van der Waals surface area contributed by atoms with Gasteiger partial charge in [-0.3, -0.25) is 10.1 Å². The fourth-order valence-corrected chi connectivity index (χ4v) is 2.41. The van der Waals surface area contributed by atoms with Gasteiger partial charge in [0.15, 0.2) is 0 Å². The second kappa shape index (κ2) is 7.56. The molecule has 0 saturated heterocycles. The predicted molar refractivity (Wildman–Crippen MR) is 101 cm³/mol. The number of rotatable bonds is 6. The Labute approximate surface area is 154 Å². The summed E-state index contributed by atoms with van der Waals surface area (Å²) < 4.78 is 5.10. The molecule has 9 nitrogen and oxygen atoms in total. The first-order valence-electron chi connectivity index (χ1n) is 7.96. The second-order valence-electron chi connectivity index (χ2n) is 5.61. The van der Waals surface area contributed by atoms with Crippen LogP contribution in [0.4, 0.5) is 28.8 Å². The normalized spacial score (nSPS) is 10.3. The lowest BCUT2D eigenvalue weighted by Gasteiger charge is -2.11. The van der Waals surface area contributed by atoms with E-state index in [1.54, 1.807) is 50.4 Å². The fraction of sp³-hybridized carbons (Fsp3) is 0.111. The number of aryl methyl sites for hydroxylation is 1. The number of nitrogens with one attached hydrogen (secondary N) is 2. The molecule has 0 saturated carbocycles. The highest BCUT2D eigenvalue weighted by Gasteiger charge is 2.22. The van der Waals surface area contributed by atoms with Gasteiger partial charge >= 0.3 is 5.69 Å². The molecule has 0 aliphatic rings. The molecule has 3 rings (SSSR count). The quantitative estimate of drug-likeness (QED) is 0.341. The average Bonchev–Trinajstić information content (AvgIpc) is 2.63. The van der Waals surface area contributed by atoms with E-state index in [-0.39, 0.29) is 28.9 Å². The van der Waals surface area contributed by atoms with Crippen molar-refractivity contribution in [2.24, 2.45) is 0 Å². The van der Waals surface area contributed by atoms with Crippen molar-refractivity contribution in [3.8, 4) is 11.5 Å². The SMILES string of the molecule is COc1ccc(Nc2nc(Nc3ccc(O)cc3)nc(C)c2[N+](=O)[O-])cc1. The zero-order chi connectivity index (χ0) is 19.4. The molecule has 2 aromatic carbocycles. The maximum absolute atomic E-state index is 11.5. The van der Waals surface area contributed by atoms with Crippen molar-refractivity contribution in [1.29, 1.82) is 0 Å². The van der Waals surface area contributed by atoms with Crippen LogP contribution >= 0.6 is 0 Å². The number of methoxy groups -OCH3 is 1. The molecule has 1 aromatic heterocycles. The van der Waals surface area contributed by atoms with Gasteiger partial charge in [-0.25, -0.2) is 4.98 Å². The van der Waals surface area contributed by atoms with Crippen molar-refractivity contribution in [2.45, 2.75) is 6.92 Å². The molecule has 0 atom stereocenters. The second-order valence-corrected chi connectivity index (χ2v) is 5.61. The van der Waals surface area contributed by atoms with E-state index in [0.717, 1.165) is 0 Å². The van der Waals surface area contributed by atoms with Gasteiger partial charge in [-0.05, 0) is 55.5 Å². The molecular weight excluding hydrogens is 350 g/mol. The van der Waals surface area contributed by atoms with Crippen LogP contribution < -0.4 is 15.4 Å². The van der Waals surface area contributed by atoms with E-state index < -0.39 is 4.92 Å². The lowest BCUT2D eigenvalue weighted by Crippen LogP contribution is -2.07. The van der Waals surface area contributed by atoms with Crippen LogP contribution in [-0.2, 0) is 0 Å². The van der Waals surface area contributed by atoms with Crippen molar-refractivity contribution in [1.82, 2.24) is 9.97 Å². The number of nitro groups is 1. The van der Waals surface area contributed by atoms with Crippen molar-refractivity contribution in [2.75, 3.05) is 17.7 Å². The first-order valence-corrected chi connectivity index (χ1v) is 7.96. The van der Waals surface area contributed by atoms with Crippen molar-refractivity contribution in [3.63, 3.8) is 0 Å². The minimum Gasteiger partial charge on any atom is -0.508 e. The number of ether oxygens (including phenoxy) is 1. The summed E-state index contributed by atoms with van der Waals surface area (Å²) in [6, 6.07) is 13.2. The third-order valence-electron chi connectivity index (χ3n) is 3.72. The van der Waals surface area contributed by atoms with Crippen LogP contribution in [0.2, 0.25) is 0 Å². The highest BCUT2D eigenvalue weighted by atomic mass is 16.6. The summed E-state index contributed by atoms with van der Waals surface area (Å²) in [5, 5.41) is 26.7. The molecule has 0 radical (unpaired) electrons. The molecule has 0 amide bonds. The summed E-state index contributed by atoms with van der Waals surface area (Å²) in [4.78, 5) is 19.3. The molecule has 3 N–H and O–H groups in total. The van der Waals surface area contributed by atoms with Crippen LogP contribution in [0.25, 0.3) is 0 Å². The number of anilines is 4. The predicted octanol–water partition coefficient (Wildman–Crippen LogP) is 3.89. The van der Waals surface area contributed by atoms with Crippen LogP contribution in [0.1, 0.15) is 5.69 Å². The molecule has 138 valence electrons. The molecule has 3 aromatic rings. The topological polar surface area (TPSA) is 122 Å². The number of hydrogen-bond donors (Lipinski definition) is 3. The zero-order valence-corrected chi connectivity index (χ0v) is 14.6. The van der Waals surface area contributed by atoms with E-state index in [1.165, 1.54) is 12.1 Å². The summed E-state index contributed by atoms with van der Waals surface area (Å²) in [7, 11) is 1.56. The number of hydrogen-bond acceptors (Lipinski definition) is 8. The summed E-state index contributed by atoms with van der Waals surface area (Å²) >= 11 is 0. The third-order valence-corrected chi connectivity index (χ3v) is 3.72. The Bertz CT molecular complexity index is 959. The van der Waals surface area contributed by atoms with Gasteiger partial charge in [0.1, 0.15) is 17.2 Å². The number of benzene rings is 2. The average molecular weight is 367 g/mol. The van der Waals surface area contributed by atoms with Gasteiger partial charge in [0, 0.05) is 11.4 Å². The summed E-state index contributed by atoms with van der Waals surface area (Å²) in [5.41, 5.74) is 1.26. The van der Waals surface area contributed by atoms with Crippen LogP contribution in [-0.4, -0.2) is 27.1 Å². The van der Waals surface area contributed by atoms with Gasteiger partial charge in [-0.1, -0.05) is 0 Å². The van der Waals surface area contributed by atoms with E-state index in [2.05, 4.69) is 20.6 Å². The van der Waals surface area contributed by atoms with Gasteiger partial charge in [0.05, 0.1) is 12.0 Å². The van der Waals surface area contributed by atoms with E-state index in [1.807, 2.05) is 0 Å². The molecule has 0 aliphatic heterocycles. The molecule has 0 unspecified atom stereocenters. The number of phenols is 1. The minimum absolute atomic E-state index is 0.0685. The summed E-state index contributed by atoms with van der Waals surface area (Å²) in [6.07, 6.45) is 0. The maximum Gasteiger partial charge on any atom is 0.332 e. The minimum atomic E-state index is -0.522. The van der Waals surface area contributed by atoms with Crippen molar-refractivity contribution in [3.05, 3.63) is 64.3 Å². The van der Waals surface area contributed by atoms with E-state index in [0.29, 0.717) is 17.1 Å². The van der Waals surface area contributed by atoms with Gasteiger partial charge < -0.3 is 20.5 Å². The van der Waals surface area contributed by atoms with Crippen molar-refractivity contribution >= 4 is 28.8 Å². The number of aromatic nitrogens is 2. The fourth-order valence-electron chi connectivity index (χ4n) is 2.41. The van der Waals surface area contributed by atoms with E-state index >= 15 is 0 Å². The molecule has 0 spiro atoms. The molecule has 0 fully saturated rings. The standard InChI is InChI=1S/C18H17N5O4/c1-11-16(23(25)26)17(20-12-5-9-15(27-2)10-6-12)22-18(19-11)21-13-3-7-14(24)8-4-13/h3-10,24H,1-2H3,(H2,19,20,21,22). The summed E-state index contributed by atoms with van der Waals surface area (Å²) in [6.45, 7) is 1.54. The Morgan fingerprint density at radius 3 is 2.19 bits per heavy atom. The van der Waals surface area contributed by atoms with Crippen molar-refractivity contribution < 1.29 is 14.8 Å². The Balaban J connectivity index is 1.95. The molecule has 0 bridgehead atoms. The monoisotopic (exact) mass is 367 g/mol. The maximum atomic E-state index is 11.5. The first-order chi connectivity index (χ1) is 13.0. The Morgan fingerprint density at radius 1 is 1.00 bits per heavy atom. The molecule has 27 heavy (non-hydrogen) atoms. The number of aromatic hydroxyl groups is 1. The van der Waals surface area contributed by atoms with Gasteiger partial charge in [-0.2, -0.15) is 4.98 Å². The Morgan fingerprint density at radius 2 is 1.59 bits per heavy atom. The highest BCUT2D eigenvalue weighted by Crippen LogP contribution is 2.30. The number of phenolic OH excluding ortho intramolecular Hbond substituents is 1. The number of nitrogens with zero attached hydrogens (tertiary/aromatic N) is 3. The molecule has 9 heteroatoms. The van der Waals surface area contributed by atoms with E-state index in [4.69, 9.17) is 4.74 Å². The summed E-state index contributed by atoms with van der Waals surface area (Å²) in [5.74, 6) is 1.06. The van der Waals surface area contributed by atoms with Crippen LogP contribution in [0.5, 0.6) is 11.5 Å². The lowest BCUT2D eigenvalue weighted by molar-refractivity contribution is -0.385. The van der Waals surface area contributed by atoms with Gasteiger partial charge in [0.25, 0.3) is 0 Å².